The molecule has 1 atom stereocenters. The first-order valence-electron chi connectivity index (χ1n) is 13.8. The van der Waals surface area contributed by atoms with Crippen molar-refractivity contribution < 1.29 is 0 Å². The molecule has 0 amide bonds. The second-order valence-corrected chi connectivity index (χ2v) is 9.24. The monoisotopic (exact) mass is 478 g/mol. The molecule has 5 rings (SSSR count). The van der Waals surface area contributed by atoms with Crippen molar-refractivity contribution in [3.8, 4) is 0 Å². The Morgan fingerprint density at radius 2 is 1.42 bits per heavy atom. The normalized spacial score (nSPS) is 21.1. The van der Waals surface area contributed by atoms with Gasteiger partial charge in [-0.3, -0.25) is 0 Å². The van der Waals surface area contributed by atoms with E-state index < -0.39 is 0 Å². The van der Waals surface area contributed by atoms with Gasteiger partial charge in [0.05, 0.1) is 5.41 Å². The van der Waals surface area contributed by atoms with Crippen molar-refractivity contribution in [1.82, 2.24) is 0 Å². The average molecular weight is 479 g/mol. The molecule has 0 aliphatic heterocycles. The number of allylic oxidation sites excluding steroid dienone is 11. The second-order valence-electron chi connectivity index (χ2n) is 9.24. The number of hydrogen-bond acceptors (Lipinski definition) is 0. The minimum Gasteiger partial charge on any atom is -0.0908 e. The first kappa shape index (κ1) is 29.1. The van der Waals surface area contributed by atoms with E-state index in [-0.39, 0.29) is 10.8 Å². The molecule has 0 saturated carbocycles. The Bertz CT molecular complexity index is 1240. The van der Waals surface area contributed by atoms with Gasteiger partial charge in [0.1, 0.15) is 0 Å². The topological polar surface area (TPSA) is 0 Å². The summed E-state index contributed by atoms with van der Waals surface area (Å²) in [6, 6.07) is 15.8. The van der Waals surface area contributed by atoms with Gasteiger partial charge in [-0.25, -0.2) is 0 Å². The molecule has 0 heteroatoms. The van der Waals surface area contributed by atoms with Gasteiger partial charge in [0.2, 0.25) is 0 Å². The predicted molar refractivity (Wildman–Crippen MR) is 163 cm³/mol. The fourth-order valence-corrected chi connectivity index (χ4v) is 5.33. The van der Waals surface area contributed by atoms with Crippen molar-refractivity contribution >= 4 is 11.1 Å². The summed E-state index contributed by atoms with van der Waals surface area (Å²) in [6.07, 6.45) is 15.9. The van der Waals surface area contributed by atoms with Crippen LogP contribution in [0.2, 0.25) is 0 Å². The molecule has 3 aliphatic rings. The molecule has 1 unspecified atom stereocenters. The second kappa shape index (κ2) is 12.2. The van der Waals surface area contributed by atoms with E-state index in [2.05, 4.69) is 119 Å². The summed E-state index contributed by atoms with van der Waals surface area (Å²) in [4.78, 5) is 0. The van der Waals surface area contributed by atoms with E-state index in [0.29, 0.717) is 0 Å². The van der Waals surface area contributed by atoms with Gasteiger partial charge in [0, 0.05) is 5.41 Å². The SMILES string of the molecule is C=C1/C(=C\C=C/C)C2(C3=C(C=CC(C)(C)C=C3)c3ccc(C)cc32)c2ccccc21.CC.CC.CC. The largest absolute Gasteiger partial charge is 0.0908 e. The Morgan fingerprint density at radius 1 is 0.778 bits per heavy atom. The highest BCUT2D eigenvalue weighted by atomic mass is 14.5. The zero-order valence-electron chi connectivity index (χ0n) is 24.3. The van der Waals surface area contributed by atoms with Crippen molar-refractivity contribution in [2.24, 2.45) is 5.41 Å². The third kappa shape index (κ3) is 4.66. The summed E-state index contributed by atoms with van der Waals surface area (Å²) in [6.45, 7) is 25.4. The molecule has 0 bridgehead atoms. The molecule has 0 nitrogen and oxygen atoms in total. The standard InChI is InChI=1S/C30H28.3C2H6/c1-6-7-11-25-21(3)22-10-8-9-12-26(22)30(25)27-16-18-29(4,5)17-15-24(27)23-14-13-20(2)19-28(23)30;3*1-2/h6-19H,3H2,1-2,4-5H3;3*1-2H3/b7-6-,25-11+;;;. The van der Waals surface area contributed by atoms with Crippen LogP contribution in [0.3, 0.4) is 0 Å². The van der Waals surface area contributed by atoms with Crippen LogP contribution >= 0.6 is 0 Å². The Labute approximate surface area is 221 Å². The van der Waals surface area contributed by atoms with Gasteiger partial charge in [0.15, 0.2) is 0 Å². The van der Waals surface area contributed by atoms with E-state index >= 15 is 0 Å². The van der Waals surface area contributed by atoms with Gasteiger partial charge in [-0.2, -0.15) is 0 Å². The van der Waals surface area contributed by atoms with Crippen LogP contribution in [0.1, 0.15) is 90.1 Å². The van der Waals surface area contributed by atoms with E-state index in [0.717, 1.165) is 5.57 Å². The van der Waals surface area contributed by atoms with Crippen molar-refractivity contribution in [1.29, 1.82) is 0 Å². The average Bonchev–Trinajstić information content (AvgIpc) is 3.25. The third-order valence-electron chi connectivity index (χ3n) is 6.76. The van der Waals surface area contributed by atoms with E-state index in [9.17, 15) is 0 Å². The Balaban J connectivity index is 0.000000710. The van der Waals surface area contributed by atoms with E-state index in [4.69, 9.17) is 0 Å². The van der Waals surface area contributed by atoms with Gasteiger partial charge >= 0.3 is 0 Å². The van der Waals surface area contributed by atoms with Gasteiger partial charge in [-0.15, -0.1) is 0 Å². The molecule has 190 valence electrons. The molecule has 3 aliphatic carbocycles. The molecular formula is C36H46. The van der Waals surface area contributed by atoms with Crippen LogP contribution in [0, 0.1) is 12.3 Å². The Kier molecular flexibility index (Phi) is 9.88. The van der Waals surface area contributed by atoms with Gasteiger partial charge < -0.3 is 0 Å². The number of hydrogen-bond donors (Lipinski definition) is 0. The summed E-state index contributed by atoms with van der Waals surface area (Å²) in [7, 11) is 0. The van der Waals surface area contributed by atoms with Crippen LogP contribution in [-0.4, -0.2) is 0 Å². The first-order valence-corrected chi connectivity index (χ1v) is 13.8. The Hall–Kier alpha value is -3.12. The molecule has 0 heterocycles. The number of benzene rings is 2. The Morgan fingerprint density at radius 3 is 2.08 bits per heavy atom. The summed E-state index contributed by atoms with van der Waals surface area (Å²) in [5, 5.41) is 0. The van der Waals surface area contributed by atoms with Gasteiger partial charge in [-0.05, 0) is 58.4 Å². The summed E-state index contributed by atoms with van der Waals surface area (Å²) < 4.78 is 0. The van der Waals surface area contributed by atoms with Crippen molar-refractivity contribution in [2.75, 3.05) is 0 Å². The van der Waals surface area contributed by atoms with Gasteiger partial charge in [0.25, 0.3) is 0 Å². The first-order chi connectivity index (χ1) is 17.4. The molecule has 0 saturated heterocycles. The molecule has 36 heavy (non-hydrogen) atoms. The molecule has 0 fully saturated rings. The maximum Gasteiger partial charge on any atom is 0.0725 e. The number of fused-ring (bicyclic) bond motifs is 6. The van der Waals surface area contributed by atoms with Crippen LogP contribution in [0.4, 0.5) is 0 Å². The zero-order valence-corrected chi connectivity index (χ0v) is 24.3. The van der Waals surface area contributed by atoms with Gasteiger partial charge in [-0.1, -0.05) is 153 Å². The highest BCUT2D eigenvalue weighted by molar-refractivity contribution is 6.01. The molecule has 0 radical (unpaired) electrons. The van der Waals surface area contributed by atoms with Crippen molar-refractivity contribution in [2.45, 2.75) is 74.7 Å². The van der Waals surface area contributed by atoms with E-state index in [1.807, 2.05) is 41.5 Å². The molecule has 1 spiro atoms. The minimum absolute atomic E-state index is 0.0265. The van der Waals surface area contributed by atoms with E-state index in [1.54, 1.807) is 0 Å². The highest BCUT2D eigenvalue weighted by Crippen LogP contribution is 2.63. The van der Waals surface area contributed by atoms with Crippen molar-refractivity contribution in [3.05, 3.63) is 131 Å². The lowest BCUT2D eigenvalue weighted by molar-refractivity contribution is 0.625. The lowest BCUT2D eigenvalue weighted by Crippen LogP contribution is -2.27. The quantitative estimate of drug-likeness (QED) is 0.382. The maximum atomic E-state index is 4.57. The van der Waals surface area contributed by atoms with Crippen LogP contribution in [-0.2, 0) is 5.41 Å². The highest BCUT2D eigenvalue weighted by Gasteiger charge is 2.53. The molecule has 0 N–H and O–H groups in total. The lowest BCUT2D eigenvalue weighted by Gasteiger charge is -2.32. The van der Waals surface area contributed by atoms with Crippen molar-refractivity contribution in [3.63, 3.8) is 0 Å². The smallest absolute Gasteiger partial charge is 0.0725 e. The van der Waals surface area contributed by atoms with Crippen LogP contribution in [0.25, 0.3) is 11.1 Å². The van der Waals surface area contributed by atoms with Crippen LogP contribution in [0.15, 0.2) is 103 Å². The zero-order chi connectivity index (χ0) is 27.1. The summed E-state index contributed by atoms with van der Waals surface area (Å²) in [5.41, 5.74) is 11.4. The lowest BCUT2D eigenvalue weighted by atomic mass is 9.68. The predicted octanol–water partition coefficient (Wildman–Crippen LogP) is 10.8. The summed E-state index contributed by atoms with van der Waals surface area (Å²) in [5.74, 6) is 0. The minimum atomic E-state index is -0.314. The summed E-state index contributed by atoms with van der Waals surface area (Å²) >= 11 is 0. The number of rotatable bonds is 1. The van der Waals surface area contributed by atoms with E-state index in [1.165, 1.54) is 44.5 Å². The fourth-order valence-electron chi connectivity index (χ4n) is 5.33. The van der Waals surface area contributed by atoms with Crippen LogP contribution < -0.4 is 0 Å². The molecular weight excluding hydrogens is 432 g/mol. The fraction of sp³-hybridized carbons (Fsp3) is 0.333. The number of aryl methyl sites for hydroxylation is 1. The maximum absolute atomic E-state index is 4.57. The molecule has 0 aromatic heterocycles. The van der Waals surface area contributed by atoms with Crippen LogP contribution in [0.5, 0.6) is 0 Å². The molecule has 2 aromatic rings. The molecule has 2 aromatic carbocycles. The third-order valence-corrected chi connectivity index (χ3v) is 6.76.